The number of nitriles is 1. The fourth-order valence-corrected chi connectivity index (χ4v) is 2.44. The zero-order valence-electron chi connectivity index (χ0n) is 13.0. The van der Waals surface area contributed by atoms with Crippen LogP contribution in [-0.2, 0) is 9.59 Å². The monoisotopic (exact) mass is 318 g/mol. The highest BCUT2D eigenvalue weighted by Crippen LogP contribution is 2.31. The van der Waals surface area contributed by atoms with Crippen molar-refractivity contribution in [3.63, 3.8) is 0 Å². The van der Waals surface area contributed by atoms with Gasteiger partial charge in [0, 0.05) is 19.2 Å². The fourth-order valence-electron chi connectivity index (χ4n) is 2.44. The van der Waals surface area contributed by atoms with Gasteiger partial charge < -0.3 is 19.5 Å². The summed E-state index contributed by atoms with van der Waals surface area (Å²) in [6.45, 7) is 2.00. The minimum atomic E-state index is -0.901. The van der Waals surface area contributed by atoms with Crippen molar-refractivity contribution in [2.24, 2.45) is 5.41 Å². The molecule has 0 aliphatic carbocycles. The lowest BCUT2D eigenvalue weighted by molar-refractivity contribution is -0.147. The molecule has 23 heavy (non-hydrogen) atoms. The Bertz CT molecular complexity index is 667. The molecule has 1 aromatic carbocycles. The van der Waals surface area contributed by atoms with Crippen LogP contribution in [0.5, 0.6) is 11.5 Å². The zero-order valence-corrected chi connectivity index (χ0v) is 13.0. The first-order valence-corrected chi connectivity index (χ1v) is 7.12. The number of aliphatic carboxylic acids is 1. The molecule has 1 heterocycles. The Morgan fingerprint density at radius 3 is 2.74 bits per heavy atom. The molecular formula is C16H18N2O5. The molecule has 7 nitrogen and oxygen atoms in total. The highest BCUT2D eigenvalue weighted by molar-refractivity contribution is 5.81. The van der Waals surface area contributed by atoms with Crippen molar-refractivity contribution in [2.75, 3.05) is 26.8 Å². The van der Waals surface area contributed by atoms with Crippen molar-refractivity contribution in [1.82, 2.24) is 4.90 Å². The van der Waals surface area contributed by atoms with Gasteiger partial charge in [0.25, 0.3) is 5.91 Å². The molecule has 0 saturated carbocycles. The molecule has 2 rings (SSSR count). The minimum absolute atomic E-state index is 0.176. The maximum absolute atomic E-state index is 12.2. The number of likely N-dealkylation sites (tertiary alicyclic amines) is 1. The van der Waals surface area contributed by atoms with Crippen molar-refractivity contribution in [1.29, 1.82) is 5.26 Å². The number of carbonyl (C=O) groups excluding carboxylic acids is 1. The van der Waals surface area contributed by atoms with Crippen LogP contribution in [0.25, 0.3) is 0 Å². The Kier molecular flexibility index (Phi) is 4.74. The molecule has 1 fully saturated rings. The van der Waals surface area contributed by atoms with Gasteiger partial charge in [-0.3, -0.25) is 9.59 Å². The molecule has 122 valence electrons. The number of methoxy groups -OCH3 is 1. The second-order valence-corrected chi connectivity index (χ2v) is 5.70. The average molecular weight is 318 g/mol. The summed E-state index contributed by atoms with van der Waals surface area (Å²) in [5, 5.41) is 18.0. The van der Waals surface area contributed by atoms with Crippen molar-refractivity contribution in [3.05, 3.63) is 23.8 Å². The Labute approximate surface area is 134 Å². The lowest BCUT2D eigenvalue weighted by atomic mass is 9.90. The van der Waals surface area contributed by atoms with Crippen LogP contribution >= 0.6 is 0 Å². The van der Waals surface area contributed by atoms with Gasteiger partial charge in [-0.2, -0.15) is 5.26 Å². The molecule has 7 heteroatoms. The Morgan fingerprint density at radius 2 is 2.17 bits per heavy atom. The summed E-state index contributed by atoms with van der Waals surface area (Å²) in [6, 6.07) is 6.65. The number of ether oxygens (including phenoxy) is 2. The van der Waals surface area contributed by atoms with E-state index in [-0.39, 0.29) is 19.1 Å². The summed E-state index contributed by atoms with van der Waals surface area (Å²) in [4.78, 5) is 24.9. The van der Waals surface area contributed by atoms with E-state index in [2.05, 4.69) is 0 Å². The Morgan fingerprint density at radius 1 is 1.43 bits per heavy atom. The van der Waals surface area contributed by atoms with Crippen LogP contribution < -0.4 is 9.47 Å². The smallest absolute Gasteiger partial charge is 0.311 e. The van der Waals surface area contributed by atoms with Gasteiger partial charge in [-0.25, -0.2) is 0 Å². The number of nitrogens with zero attached hydrogens (tertiary/aromatic N) is 2. The normalized spacial score (nSPS) is 20.0. The summed E-state index contributed by atoms with van der Waals surface area (Å²) in [7, 11) is 1.45. The number of carbonyl (C=O) groups is 2. The molecule has 1 N–H and O–H groups in total. The molecule has 1 aromatic rings. The lowest BCUT2D eigenvalue weighted by Gasteiger charge is -2.20. The molecule has 0 bridgehead atoms. The largest absolute Gasteiger partial charge is 0.493 e. The molecular weight excluding hydrogens is 300 g/mol. The second kappa shape index (κ2) is 6.57. The molecule has 1 aliphatic rings. The number of carboxylic acids is 1. The third-order valence-electron chi connectivity index (χ3n) is 3.99. The van der Waals surface area contributed by atoms with Gasteiger partial charge in [-0.15, -0.1) is 0 Å². The molecule has 0 radical (unpaired) electrons. The summed E-state index contributed by atoms with van der Waals surface area (Å²) < 4.78 is 10.6. The van der Waals surface area contributed by atoms with E-state index in [1.807, 2.05) is 6.07 Å². The number of hydrogen-bond donors (Lipinski definition) is 1. The number of hydrogen-bond acceptors (Lipinski definition) is 5. The summed E-state index contributed by atoms with van der Waals surface area (Å²) in [6.07, 6.45) is 0.425. The number of benzene rings is 1. The SMILES string of the molecule is COc1cc(C#N)ccc1OCC(=O)N1CC[C@@](C)(C(=O)O)C1. The van der Waals surface area contributed by atoms with Crippen LogP contribution in [-0.4, -0.2) is 48.7 Å². The van der Waals surface area contributed by atoms with Crippen molar-refractivity contribution < 1.29 is 24.2 Å². The minimum Gasteiger partial charge on any atom is -0.493 e. The Balaban J connectivity index is 1.98. The average Bonchev–Trinajstić information content (AvgIpc) is 2.96. The molecule has 0 aromatic heterocycles. The van der Waals surface area contributed by atoms with Crippen LogP contribution in [0.1, 0.15) is 18.9 Å². The Hall–Kier alpha value is -2.75. The van der Waals surface area contributed by atoms with E-state index in [1.165, 1.54) is 18.1 Å². The van der Waals surface area contributed by atoms with E-state index < -0.39 is 11.4 Å². The van der Waals surface area contributed by atoms with E-state index in [4.69, 9.17) is 14.7 Å². The first-order chi connectivity index (χ1) is 10.9. The van der Waals surface area contributed by atoms with Crippen LogP contribution in [0.15, 0.2) is 18.2 Å². The summed E-state index contributed by atoms with van der Waals surface area (Å²) >= 11 is 0. The van der Waals surface area contributed by atoms with Crippen molar-refractivity contribution in [3.8, 4) is 17.6 Å². The second-order valence-electron chi connectivity index (χ2n) is 5.70. The van der Waals surface area contributed by atoms with Crippen molar-refractivity contribution >= 4 is 11.9 Å². The van der Waals surface area contributed by atoms with E-state index >= 15 is 0 Å². The maximum atomic E-state index is 12.2. The number of carboxylic acid groups (broad SMARTS) is 1. The van der Waals surface area contributed by atoms with E-state index in [0.717, 1.165) is 0 Å². The maximum Gasteiger partial charge on any atom is 0.311 e. The molecule has 1 amide bonds. The van der Waals surface area contributed by atoms with Crippen LogP contribution in [0.4, 0.5) is 0 Å². The van der Waals surface area contributed by atoms with Gasteiger partial charge >= 0.3 is 5.97 Å². The third-order valence-corrected chi connectivity index (χ3v) is 3.99. The fraction of sp³-hybridized carbons (Fsp3) is 0.438. The highest BCUT2D eigenvalue weighted by Gasteiger charge is 2.42. The lowest BCUT2D eigenvalue weighted by Crippen LogP contribution is -2.37. The van der Waals surface area contributed by atoms with Crippen LogP contribution in [0.2, 0.25) is 0 Å². The third kappa shape index (κ3) is 3.54. The molecule has 0 spiro atoms. The molecule has 1 aliphatic heterocycles. The molecule has 1 atom stereocenters. The molecule has 0 unspecified atom stereocenters. The predicted octanol–water partition coefficient (Wildman–Crippen LogP) is 1.27. The zero-order chi connectivity index (χ0) is 17.0. The van der Waals surface area contributed by atoms with Gasteiger partial charge in [-0.1, -0.05) is 0 Å². The van der Waals surface area contributed by atoms with Gasteiger partial charge in [0.05, 0.1) is 24.2 Å². The quantitative estimate of drug-likeness (QED) is 0.877. The molecule has 1 saturated heterocycles. The highest BCUT2D eigenvalue weighted by atomic mass is 16.5. The van der Waals surface area contributed by atoms with E-state index in [9.17, 15) is 14.7 Å². The van der Waals surface area contributed by atoms with E-state index in [1.54, 1.807) is 19.1 Å². The van der Waals surface area contributed by atoms with Gasteiger partial charge in [0.1, 0.15) is 0 Å². The van der Waals surface area contributed by atoms with E-state index in [0.29, 0.717) is 30.0 Å². The van der Waals surface area contributed by atoms with Crippen LogP contribution in [0, 0.1) is 16.7 Å². The standard InChI is InChI=1S/C16H18N2O5/c1-16(15(20)21)5-6-18(10-16)14(19)9-23-12-4-3-11(8-17)7-13(12)22-2/h3-4,7H,5-6,9-10H2,1-2H3,(H,20,21)/t16-/m1/s1. The number of amides is 1. The van der Waals surface area contributed by atoms with Crippen LogP contribution in [0.3, 0.4) is 0 Å². The van der Waals surface area contributed by atoms with Gasteiger partial charge in [0.2, 0.25) is 0 Å². The predicted molar refractivity (Wildman–Crippen MR) is 80.1 cm³/mol. The van der Waals surface area contributed by atoms with Gasteiger partial charge in [-0.05, 0) is 25.5 Å². The summed E-state index contributed by atoms with van der Waals surface area (Å²) in [5.74, 6) is -0.447. The first kappa shape index (κ1) is 16.6. The topological polar surface area (TPSA) is 99.9 Å². The van der Waals surface area contributed by atoms with Gasteiger partial charge in [0.15, 0.2) is 18.1 Å². The summed E-state index contributed by atoms with van der Waals surface area (Å²) in [5.41, 5.74) is -0.473. The number of rotatable bonds is 5. The first-order valence-electron chi connectivity index (χ1n) is 7.12. The van der Waals surface area contributed by atoms with Crippen molar-refractivity contribution in [2.45, 2.75) is 13.3 Å².